The fourth-order valence-electron chi connectivity index (χ4n) is 4.65. The third kappa shape index (κ3) is 2.11. The number of carbonyl (C=O) groups excluding carboxylic acids is 2. The number of methoxy groups -OCH3 is 2. The van der Waals surface area contributed by atoms with Crippen LogP contribution >= 0.6 is 0 Å². The van der Waals surface area contributed by atoms with Gasteiger partial charge >= 0.3 is 11.9 Å². The number of fused-ring (bicyclic) bond motifs is 1. The molecule has 26 heavy (non-hydrogen) atoms. The van der Waals surface area contributed by atoms with Gasteiger partial charge in [0, 0.05) is 23.2 Å². The molecule has 0 saturated carbocycles. The monoisotopic (exact) mass is 352 g/mol. The van der Waals surface area contributed by atoms with Crippen molar-refractivity contribution in [1.82, 2.24) is 0 Å². The highest BCUT2D eigenvalue weighted by Gasteiger charge is 2.56. The zero-order valence-electron chi connectivity index (χ0n) is 14.6. The lowest BCUT2D eigenvalue weighted by molar-refractivity contribution is -0.160. The van der Waals surface area contributed by atoms with Crippen LogP contribution in [0.2, 0.25) is 0 Å². The molecule has 2 bridgehead atoms. The highest BCUT2D eigenvalue weighted by atomic mass is 16.5. The van der Waals surface area contributed by atoms with Crippen molar-refractivity contribution in [2.75, 3.05) is 25.7 Å². The fourth-order valence-corrected chi connectivity index (χ4v) is 4.65. The number of hydrogen-bond acceptors (Lipinski definition) is 6. The van der Waals surface area contributed by atoms with Crippen molar-refractivity contribution >= 4 is 23.3 Å². The van der Waals surface area contributed by atoms with E-state index in [1.807, 2.05) is 36.4 Å². The average Bonchev–Trinajstić information content (AvgIpc) is 2.65. The molecule has 6 nitrogen and oxygen atoms in total. The van der Waals surface area contributed by atoms with Crippen molar-refractivity contribution in [3.05, 3.63) is 58.7 Å². The summed E-state index contributed by atoms with van der Waals surface area (Å²) in [6.45, 7) is 0. The van der Waals surface area contributed by atoms with Gasteiger partial charge in [-0.05, 0) is 46.5 Å². The first kappa shape index (κ1) is 16.4. The van der Waals surface area contributed by atoms with Crippen molar-refractivity contribution in [3.8, 4) is 0 Å². The second-order valence-corrected chi connectivity index (χ2v) is 6.83. The molecule has 3 aliphatic carbocycles. The summed E-state index contributed by atoms with van der Waals surface area (Å²) in [5.74, 6) is -2.83. The van der Waals surface area contributed by atoms with Gasteiger partial charge in [0.05, 0.1) is 26.1 Å². The summed E-state index contributed by atoms with van der Waals surface area (Å²) >= 11 is 0. The van der Waals surface area contributed by atoms with Gasteiger partial charge in [0.1, 0.15) is 0 Å². The molecular formula is C20H20N2O4. The molecule has 3 aliphatic rings. The Bertz CT molecular complexity index is 871. The largest absolute Gasteiger partial charge is 0.469 e. The number of rotatable bonds is 2. The van der Waals surface area contributed by atoms with Gasteiger partial charge in [0.25, 0.3) is 0 Å². The van der Waals surface area contributed by atoms with Crippen LogP contribution in [-0.2, 0) is 19.1 Å². The molecule has 134 valence electrons. The van der Waals surface area contributed by atoms with Crippen molar-refractivity contribution in [1.29, 1.82) is 0 Å². The highest BCUT2D eigenvalue weighted by molar-refractivity contribution is 5.88. The predicted molar refractivity (Wildman–Crippen MR) is 96.4 cm³/mol. The summed E-state index contributed by atoms with van der Waals surface area (Å²) in [6, 6.07) is 11.3. The maximum atomic E-state index is 12.7. The molecule has 4 N–H and O–H groups in total. The summed E-state index contributed by atoms with van der Waals surface area (Å²) in [5, 5.41) is 0. The van der Waals surface area contributed by atoms with Crippen LogP contribution in [0.4, 0.5) is 11.4 Å². The minimum Gasteiger partial charge on any atom is -0.469 e. The minimum absolute atomic E-state index is 0.303. The van der Waals surface area contributed by atoms with Gasteiger partial charge in [0.2, 0.25) is 0 Å². The molecule has 0 heterocycles. The second kappa shape index (κ2) is 5.76. The molecule has 2 atom stereocenters. The SMILES string of the molecule is COC(=O)[C@@H]1C2c3ccc(N)cc3C(c3cc(N)ccc32)[C@H]1C(=O)OC. The molecule has 2 aromatic carbocycles. The van der Waals surface area contributed by atoms with Gasteiger partial charge < -0.3 is 20.9 Å². The number of hydrogen-bond donors (Lipinski definition) is 2. The molecule has 0 aromatic heterocycles. The molecule has 0 fully saturated rings. The minimum atomic E-state index is -0.680. The van der Waals surface area contributed by atoms with Gasteiger partial charge in [-0.25, -0.2) is 0 Å². The van der Waals surface area contributed by atoms with E-state index in [4.69, 9.17) is 20.9 Å². The molecule has 0 unspecified atom stereocenters. The number of ether oxygens (including phenoxy) is 2. The van der Waals surface area contributed by atoms with Gasteiger partial charge in [-0.2, -0.15) is 0 Å². The molecule has 6 heteroatoms. The van der Waals surface area contributed by atoms with Crippen LogP contribution in [-0.4, -0.2) is 26.2 Å². The lowest BCUT2D eigenvalue weighted by atomic mass is 9.54. The Morgan fingerprint density at radius 3 is 1.50 bits per heavy atom. The Labute approximate surface area is 151 Å². The van der Waals surface area contributed by atoms with E-state index in [2.05, 4.69) is 0 Å². The predicted octanol–water partition coefficient (Wildman–Crippen LogP) is 2.02. The summed E-state index contributed by atoms with van der Waals surface area (Å²) in [4.78, 5) is 25.3. The van der Waals surface area contributed by atoms with Crippen LogP contribution in [0.1, 0.15) is 34.1 Å². The molecule has 0 amide bonds. The zero-order chi connectivity index (χ0) is 18.6. The molecule has 2 aromatic rings. The van der Waals surface area contributed by atoms with Crippen LogP contribution in [0, 0.1) is 11.8 Å². The Kier molecular flexibility index (Phi) is 3.64. The number of nitrogen functional groups attached to an aromatic ring is 2. The topological polar surface area (TPSA) is 105 Å². The van der Waals surface area contributed by atoms with Gasteiger partial charge in [-0.15, -0.1) is 0 Å². The van der Waals surface area contributed by atoms with Crippen LogP contribution < -0.4 is 11.5 Å². The van der Waals surface area contributed by atoms with Crippen LogP contribution in [0.15, 0.2) is 36.4 Å². The maximum Gasteiger partial charge on any atom is 0.310 e. The van der Waals surface area contributed by atoms with E-state index < -0.39 is 23.8 Å². The van der Waals surface area contributed by atoms with Crippen molar-refractivity contribution in [3.63, 3.8) is 0 Å². The van der Waals surface area contributed by atoms with Crippen LogP contribution in [0.5, 0.6) is 0 Å². The lowest BCUT2D eigenvalue weighted by Crippen LogP contribution is -2.47. The van der Waals surface area contributed by atoms with Crippen molar-refractivity contribution in [2.24, 2.45) is 11.8 Å². The third-order valence-electron chi connectivity index (χ3n) is 5.61. The zero-order valence-corrected chi connectivity index (χ0v) is 14.6. The first-order valence-electron chi connectivity index (χ1n) is 8.42. The summed E-state index contributed by atoms with van der Waals surface area (Å²) in [6.07, 6.45) is 0. The van der Waals surface area contributed by atoms with E-state index in [-0.39, 0.29) is 11.8 Å². The number of benzene rings is 2. The van der Waals surface area contributed by atoms with E-state index in [0.717, 1.165) is 22.3 Å². The van der Waals surface area contributed by atoms with E-state index >= 15 is 0 Å². The van der Waals surface area contributed by atoms with Crippen molar-refractivity contribution < 1.29 is 19.1 Å². The molecular weight excluding hydrogens is 332 g/mol. The van der Waals surface area contributed by atoms with Crippen molar-refractivity contribution in [2.45, 2.75) is 11.8 Å². The first-order chi connectivity index (χ1) is 12.5. The number of carbonyl (C=O) groups is 2. The Balaban J connectivity index is 2.04. The van der Waals surface area contributed by atoms with Gasteiger partial charge in [0.15, 0.2) is 0 Å². The average molecular weight is 352 g/mol. The quantitative estimate of drug-likeness (QED) is 0.633. The van der Waals surface area contributed by atoms with Crippen LogP contribution in [0.25, 0.3) is 0 Å². The van der Waals surface area contributed by atoms with E-state index in [9.17, 15) is 9.59 Å². The normalized spacial score (nSPS) is 25.2. The molecule has 0 radical (unpaired) electrons. The highest BCUT2D eigenvalue weighted by Crippen LogP contribution is 2.59. The van der Waals surface area contributed by atoms with E-state index in [0.29, 0.717) is 11.4 Å². The van der Waals surface area contributed by atoms with E-state index in [1.165, 1.54) is 14.2 Å². The number of esters is 2. The summed E-state index contributed by atoms with van der Waals surface area (Å²) in [7, 11) is 2.67. The molecule has 5 rings (SSSR count). The maximum absolute atomic E-state index is 12.7. The smallest absolute Gasteiger partial charge is 0.310 e. The Morgan fingerprint density at radius 1 is 0.731 bits per heavy atom. The second-order valence-electron chi connectivity index (χ2n) is 6.83. The third-order valence-corrected chi connectivity index (χ3v) is 5.61. The summed E-state index contributed by atoms with van der Waals surface area (Å²) in [5.41, 5.74) is 17.1. The molecule has 0 spiro atoms. The van der Waals surface area contributed by atoms with Gasteiger partial charge in [-0.1, -0.05) is 12.1 Å². The van der Waals surface area contributed by atoms with E-state index in [1.54, 1.807) is 0 Å². The summed E-state index contributed by atoms with van der Waals surface area (Å²) < 4.78 is 10.1. The molecule has 0 saturated heterocycles. The number of nitrogens with two attached hydrogens (primary N) is 2. The Hall–Kier alpha value is -3.02. The first-order valence-corrected chi connectivity index (χ1v) is 8.42. The Morgan fingerprint density at radius 2 is 1.12 bits per heavy atom. The van der Waals surface area contributed by atoms with Crippen LogP contribution in [0.3, 0.4) is 0 Å². The fraction of sp³-hybridized carbons (Fsp3) is 0.300. The molecule has 0 aliphatic heterocycles. The lowest BCUT2D eigenvalue weighted by Gasteiger charge is -2.48. The standard InChI is InChI=1S/C20H20N2O4/c1-25-19(23)17-15-11-5-3-9(21)7-13(11)16(18(17)20(24)26-2)14-8-10(22)4-6-12(14)15/h3-8,15-18H,21-22H2,1-2H3/t15?,16?,17-,18-/m1/s1. The van der Waals surface area contributed by atoms with Gasteiger partial charge in [-0.3, -0.25) is 9.59 Å². The number of anilines is 2.